The summed E-state index contributed by atoms with van der Waals surface area (Å²) in [7, 11) is 1.69. The average molecular weight is 304 g/mol. The van der Waals surface area contributed by atoms with E-state index in [1.54, 1.807) is 7.11 Å². The van der Waals surface area contributed by atoms with Gasteiger partial charge in [0, 0.05) is 0 Å². The zero-order valence-electron chi connectivity index (χ0n) is 13.7. The number of hydrogen-bond acceptors (Lipinski definition) is 3. The van der Waals surface area contributed by atoms with E-state index in [9.17, 15) is 10.2 Å². The van der Waals surface area contributed by atoms with Gasteiger partial charge in [0.05, 0.1) is 19.3 Å². The summed E-state index contributed by atoms with van der Waals surface area (Å²) < 4.78 is 5.28. The summed E-state index contributed by atoms with van der Waals surface area (Å²) in [4.78, 5) is 0. The Kier molecular flexibility index (Phi) is 4.47. The summed E-state index contributed by atoms with van der Waals surface area (Å²) >= 11 is 0. The van der Waals surface area contributed by atoms with Crippen LogP contribution in [0.3, 0.4) is 0 Å². The van der Waals surface area contributed by atoms with Crippen molar-refractivity contribution in [3.63, 3.8) is 0 Å². The van der Waals surface area contributed by atoms with Crippen molar-refractivity contribution in [3.8, 4) is 5.75 Å². The molecule has 1 aromatic rings. The van der Waals surface area contributed by atoms with Crippen LogP contribution in [-0.2, 0) is 6.42 Å². The van der Waals surface area contributed by atoms with Gasteiger partial charge in [0.15, 0.2) is 0 Å². The van der Waals surface area contributed by atoms with E-state index >= 15 is 0 Å². The van der Waals surface area contributed by atoms with Gasteiger partial charge in [-0.25, -0.2) is 0 Å². The summed E-state index contributed by atoms with van der Waals surface area (Å²) in [5.74, 6) is 1.65. The van der Waals surface area contributed by atoms with Crippen LogP contribution in [0.4, 0.5) is 0 Å². The zero-order valence-corrected chi connectivity index (χ0v) is 13.7. The molecule has 2 N–H and O–H groups in total. The first-order chi connectivity index (χ1) is 10.5. The largest absolute Gasteiger partial charge is 0.497 e. The van der Waals surface area contributed by atoms with E-state index in [0.29, 0.717) is 11.8 Å². The van der Waals surface area contributed by atoms with Gasteiger partial charge in [0.1, 0.15) is 5.75 Å². The number of fused-ring (bicyclic) bond motifs is 1. The van der Waals surface area contributed by atoms with Gasteiger partial charge in [-0.05, 0) is 73.5 Å². The number of methoxy groups -OCH3 is 1. The maximum absolute atomic E-state index is 10.5. The van der Waals surface area contributed by atoms with E-state index in [1.165, 1.54) is 5.56 Å². The Bertz CT molecular complexity index is 515. The molecule has 3 nitrogen and oxygen atoms in total. The quantitative estimate of drug-likeness (QED) is 0.898. The molecule has 0 saturated heterocycles. The van der Waals surface area contributed by atoms with Crippen molar-refractivity contribution < 1.29 is 14.9 Å². The number of aliphatic hydroxyl groups excluding tert-OH is 2. The molecule has 2 aliphatic rings. The van der Waals surface area contributed by atoms with Gasteiger partial charge in [0.2, 0.25) is 0 Å². The minimum Gasteiger partial charge on any atom is -0.497 e. The lowest BCUT2D eigenvalue weighted by molar-refractivity contribution is -0.0680. The molecule has 0 spiro atoms. The number of aliphatic hydroxyl groups is 2. The highest BCUT2D eigenvalue weighted by Gasteiger charge is 2.52. The fourth-order valence-electron chi connectivity index (χ4n) is 4.80. The zero-order chi connectivity index (χ0) is 15.7. The van der Waals surface area contributed by atoms with Crippen LogP contribution >= 0.6 is 0 Å². The number of aryl methyl sites for hydroxylation is 1. The van der Waals surface area contributed by atoms with Crippen molar-refractivity contribution in [1.82, 2.24) is 0 Å². The van der Waals surface area contributed by atoms with E-state index in [-0.39, 0.29) is 17.6 Å². The number of hydrogen-bond donors (Lipinski definition) is 2. The van der Waals surface area contributed by atoms with Gasteiger partial charge in [-0.3, -0.25) is 0 Å². The van der Waals surface area contributed by atoms with Crippen LogP contribution in [0.2, 0.25) is 0 Å². The summed E-state index contributed by atoms with van der Waals surface area (Å²) in [6.07, 6.45) is 5.27. The first-order valence-electron chi connectivity index (χ1n) is 8.53. The third-order valence-electron chi connectivity index (χ3n) is 6.25. The first-order valence-corrected chi connectivity index (χ1v) is 8.53. The number of benzene rings is 1. The topological polar surface area (TPSA) is 49.7 Å². The van der Waals surface area contributed by atoms with Gasteiger partial charge in [-0.1, -0.05) is 19.1 Å². The van der Waals surface area contributed by atoms with Crippen LogP contribution in [0.15, 0.2) is 24.3 Å². The summed E-state index contributed by atoms with van der Waals surface area (Å²) in [5.41, 5.74) is 1.27. The van der Waals surface area contributed by atoms with Gasteiger partial charge >= 0.3 is 0 Å². The second-order valence-electron chi connectivity index (χ2n) is 7.37. The van der Waals surface area contributed by atoms with Gasteiger partial charge in [0.25, 0.3) is 0 Å². The fraction of sp³-hybridized carbons (Fsp3) is 0.684. The van der Waals surface area contributed by atoms with Gasteiger partial charge < -0.3 is 14.9 Å². The Labute approximate surface area is 133 Å². The minimum absolute atomic E-state index is 0.0122. The van der Waals surface area contributed by atoms with E-state index in [0.717, 1.165) is 44.3 Å². The Hall–Kier alpha value is -1.06. The molecule has 2 saturated carbocycles. The molecule has 0 amide bonds. The highest BCUT2D eigenvalue weighted by atomic mass is 16.5. The molecule has 1 aromatic carbocycles. The Morgan fingerprint density at radius 1 is 1.23 bits per heavy atom. The molecule has 22 heavy (non-hydrogen) atoms. The smallest absolute Gasteiger partial charge is 0.119 e. The molecule has 2 fully saturated rings. The normalized spacial score (nSPS) is 37.8. The van der Waals surface area contributed by atoms with E-state index in [4.69, 9.17) is 4.74 Å². The maximum Gasteiger partial charge on any atom is 0.119 e. The lowest BCUT2D eigenvalue weighted by atomic mass is 9.61. The van der Waals surface area contributed by atoms with Gasteiger partial charge in [-0.15, -0.1) is 0 Å². The third kappa shape index (κ3) is 2.77. The second kappa shape index (κ2) is 6.21. The molecule has 122 valence electrons. The Balaban J connectivity index is 1.70. The van der Waals surface area contributed by atoms with E-state index < -0.39 is 0 Å². The molecule has 0 radical (unpaired) electrons. The lowest BCUT2D eigenvalue weighted by Gasteiger charge is -2.46. The molecule has 5 atom stereocenters. The molecular formula is C19H28O3. The molecule has 0 bridgehead atoms. The predicted molar refractivity (Wildman–Crippen MR) is 86.9 cm³/mol. The van der Waals surface area contributed by atoms with E-state index in [2.05, 4.69) is 19.1 Å². The molecular weight excluding hydrogens is 276 g/mol. The van der Waals surface area contributed by atoms with Crippen molar-refractivity contribution in [3.05, 3.63) is 29.8 Å². The van der Waals surface area contributed by atoms with Crippen molar-refractivity contribution in [2.45, 2.75) is 57.7 Å². The molecule has 3 heteroatoms. The summed E-state index contributed by atoms with van der Waals surface area (Å²) in [6.45, 7) is 2.22. The van der Waals surface area contributed by atoms with Crippen molar-refractivity contribution >= 4 is 0 Å². The predicted octanol–water partition coefficient (Wildman–Crippen LogP) is 3.18. The van der Waals surface area contributed by atoms with E-state index in [1.807, 2.05) is 12.1 Å². The third-order valence-corrected chi connectivity index (χ3v) is 6.25. The maximum atomic E-state index is 10.5. The van der Waals surface area contributed by atoms with Crippen molar-refractivity contribution in [2.75, 3.05) is 7.11 Å². The fourth-order valence-corrected chi connectivity index (χ4v) is 4.80. The SMILES string of the molecule is COc1cccc(CCC2C(O)CC[C@]3(C)[C@@H](O)CC[C@@H]23)c1. The van der Waals surface area contributed by atoms with Crippen LogP contribution in [0.25, 0.3) is 0 Å². The molecule has 0 heterocycles. The summed E-state index contributed by atoms with van der Waals surface area (Å²) in [5, 5.41) is 20.8. The number of ether oxygens (including phenoxy) is 1. The molecule has 2 aliphatic carbocycles. The van der Waals surface area contributed by atoms with Crippen molar-refractivity contribution in [1.29, 1.82) is 0 Å². The summed E-state index contributed by atoms with van der Waals surface area (Å²) in [6, 6.07) is 8.19. The number of rotatable bonds is 4. The highest BCUT2D eigenvalue weighted by molar-refractivity contribution is 5.28. The second-order valence-corrected chi connectivity index (χ2v) is 7.37. The van der Waals surface area contributed by atoms with Crippen LogP contribution in [-0.4, -0.2) is 29.5 Å². The van der Waals surface area contributed by atoms with Crippen LogP contribution in [0.1, 0.15) is 44.6 Å². The average Bonchev–Trinajstić information content (AvgIpc) is 2.83. The molecule has 0 aromatic heterocycles. The first kappa shape index (κ1) is 15.8. The Morgan fingerprint density at radius 2 is 2.05 bits per heavy atom. The monoisotopic (exact) mass is 304 g/mol. The van der Waals surface area contributed by atoms with Gasteiger partial charge in [-0.2, -0.15) is 0 Å². The molecule has 0 aliphatic heterocycles. The van der Waals surface area contributed by atoms with Crippen LogP contribution in [0, 0.1) is 17.3 Å². The van der Waals surface area contributed by atoms with Crippen LogP contribution in [0.5, 0.6) is 5.75 Å². The Morgan fingerprint density at radius 3 is 2.82 bits per heavy atom. The molecule has 3 rings (SSSR count). The minimum atomic E-state index is -0.214. The lowest BCUT2D eigenvalue weighted by Crippen LogP contribution is -2.45. The standard InChI is InChI=1S/C19H28O3/c1-19-11-10-17(20)15(16(19)8-9-18(19)21)7-6-13-4-3-5-14(12-13)22-2/h3-5,12,15-18,20-21H,6-11H2,1-2H3/t15?,16-,17?,18-,19-/m0/s1. The van der Waals surface area contributed by atoms with Crippen molar-refractivity contribution in [2.24, 2.45) is 17.3 Å². The van der Waals surface area contributed by atoms with Crippen LogP contribution < -0.4 is 4.74 Å². The molecule has 2 unspecified atom stereocenters. The highest BCUT2D eigenvalue weighted by Crippen LogP contribution is 2.55.